The van der Waals surface area contributed by atoms with Gasteiger partial charge in [0.2, 0.25) is 0 Å². The van der Waals surface area contributed by atoms with Crippen LogP contribution in [0.2, 0.25) is 0 Å². The summed E-state index contributed by atoms with van der Waals surface area (Å²) in [7, 11) is 0. The summed E-state index contributed by atoms with van der Waals surface area (Å²) >= 11 is 0. The number of aromatic nitrogens is 12. The van der Waals surface area contributed by atoms with Crippen molar-refractivity contribution >= 4 is 50.7 Å². The van der Waals surface area contributed by atoms with Crippen LogP contribution in [0.5, 0.6) is 0 Å². The van der Waals surface area contributed by atoms with Gasteiger partial charge in [0, 0.05) is 18.4 Å². The highest BCUT2D eigenvalue weighted by Crippen LogP contribution is 2.21. The van der Waals surface area contributed by atoms with Crippen LogP contribution in [0.25, 0.3) is 33.4 Å². The van der Waals surface area contributed by atoms with Gasteiger partial charge in [-0.25, -0.2) is 34.3 Å². The Kier molecular flexibility index (Phi) is 7.78. The van der Waals surface area contributed by atoms with Crippen LogP contribution >= 0.6 is 0 Å². The average molecular weight is 532 g/mol. The third-order valence-electron chi connectivity index (χ3n) is 5.76. The lowest BCUT2D eigenvalue weighted by molar-refractivity contribution is 0.526. The van der Waals surface area contributed by atoms with Crippen LogP contribution in [-0.2, 0) is 0 Å². The maximum absolute atomic E-state index is 5.71. The van der Waals surface area contributed by atoms with E-state index in [0.29, 0.717) is 40.0 Å². The molecule has 0 spiro atoms. The summed E-state index contributed by atoms with van der Waals surface area (Å²) in [4.78, 5) is 20.2. The maximum atomic E-state index is 5.71. The van der Waals surface area contributed by atoms with E-state index in [9.17, 15) is 0 Å². The maximum Gasteiger partial charge on any atom is 0.184 e. The second-order valence-corrected chi connectivity index (χ2v) is 9.57. The number of anilines is 3. The van der Waals surface area contributed by atoms with Gasteiger partial charge in [-0.3, -0.25) is 0 Å². The molecule has 0 amide bonds. The molecule has 0 bridgehead atoms. The molecule has 0 radical (unpaired) electrons. The first-order valence-electron chi connectivity index (χ1n) is 12.4. The lowest BCUT2D eigenvalue weighted by atomic mass is 10.3. The molecule has 0 fully saturated rings. The quantitative estimate of drug-likeness (QED) is 0.301. The van der Waals surface area contributed by atoms with Gasteiger partial charge in [-0.1, -0.05) is 10.4 Å². The van der Waals surface area contributed by atoms with Crippen LogP contribution in [-0.4, -0.2) is 59.5 Å². The zero-order valence-corrected chi connectivity index (χ0v) is 22.8. The van der Waals surface area contributed by atoms with E-state index < -0.39 is 0 Å². The van der Waals surface area contributed by atoms with Gasteiger partial charge >= 0.3 is 0 Å². The minimum Gasteiger partial charge on any atom is -0.397 e. The first kappa shape index (κ1) is 27.1. The molecule has 0 atom stereocenters. The molecule has 6 heterocycles. The summed E-state index contributed by atoms with van der Waals surface area (Å²) in [5, 5.41) is 16.7. The molecule has 6 N–H and O–H groups in total. The third kappa shape index (κ3) is 5.51. The molecular weight excluding hydrogens is 498 g/mol. The van der Waals surface area contributed by atoms with E-state index in [2.05, 4.69) is 64.0 Å². The predicted octanol–water partition coefficient (Wildman–Crippen LogP) is 2.97. The van der Waals surface area contributed by atoms with Crippen LogP contribution in [0.3, 0.4) is 0 Å². The fourth-order valence-corrected chi connectivity index (χ4v) is 3.75. The minimum atomic E-state index is 0.222. The van der Waals surface area contributed by atoms with Gasteiger partial charge in [0.05, 0.1) is 23.2 Å². The Morgan fingerprint density at radius 2 is 1.18 bits per heavy atom. The van der Waals surface area contributed by atoms with Gasteiger partial charge in [0.15, 0.2) is 28.1 Å². The van der Waals surface area contributed by atoms with Crippen molar-refractivity contribution in [1.29, 1.82) is 0 Å². The lowest BCUT2D eigenvalue weighted by Gasteiger charge is -2.07. The van der Waals surface area contributed by atoms with E-state index in [-0.39, 0.29) is 12.1 Å². The van der Waals surface area contributed by atoms with Gasteiger partial charge in [-0.15, -0.1) is 10.2 Å². The highest BCUT2D eigenvalue weighted by Gasteiger charge is 2.11. The zero-order chi connectivity index (χ0) is 28.3. The monoisotopic (exact) mass is 531 g/mol. The van der Waals surface area contributed by atoms with Crippen LogP contribution in [0.15, 0.2) is 37.2 Å². The fraction of sp³-hybridized carbons (Fsp3) is 0.375. The van der Waals surface area contributed by atoms with E-state index in [4.69, 9.17) is 17.2 Å². The van der Waals surface area contributed by atoms with E-state index in [1.165, 1.54) is 12.7 Å². The molecule has 0 saturated heterocycles. The van der Waals surface area contributed by atoms with Crippen molar-refractivity contribution in [2.75, 3.05) is 17.2 Å². The number of fused-ring (bicyclic) bond motifs is 3. The second kappa shape index (κ2) is 11.2. The summed E-state index contributed by atoms with van der Waals surface area (Å²) in [5.41, 5.74) is 21.2. The molecule has 204 valence electrons. The van der Waals surface area contributed by atoms with E-state index in [1.807, 2.05) is 40.0 Å². The number of pyridine rings is 1. The molecule has 0 aliphatic rings. The molecule has 0 aliphatic heterocycles. The summed E-state index contributed by atoms with van der Waals surface area (Å²) in [5.74, 6) is 0.918. The van der Waals surface area contributed by atoms with Gasteiger partial charge in [0.25, 0.3) is 0 Å². The molecule has 39 heavy (non-hydrogen) atoms. The molecule has 15 heteroatoms. The van der Waals surface area contributed by atoms with Crippen LogP contribution in [0.1, 0.15) is 59.7 Å². The fourth-order valence-electron chi connectivity index (χ4n) is 3.75. The second-order valence-electron chi connectivity index (χ2n) is 9.57. The first-order chi connectivity index (χ1) is 18.6. The normalized spacial score (nSPS) is 11.3. The SMILES string of the molecule is CC(C)n1ccc2c(N)ncnc21.CC(C)n1nnc2c(N)ccnc21.CC(C)n1nnc2c(N)ncnc21. The third-order valence-corrected chi connectivity index (χ3v) is 5.76. The molecule has 0 saturated carbocycles. The van der Waals surface area contributed by atoms with Gasteiger partial charge < -0.3 is 21.8 Å². The summed E-state index contributed by atoms with van der Waals surface area (Å²) in [6.45, 7) is 12.3. The Balaban J connectivity index is 0.000000136. The van der Waals surface area contributed by atoms with Crippen molar-refractivity contribution in [3.63, 3.8) is 0 Å². The highest BCUT2D eigenvalue weighted by atomic mass is 15.5. The van der Waals surface area contributed by atoms with Crippen molar-refractivity contribution < 1.29 is 0 Å². The predicted molar refractivity (Wildman–Crippen MR) is 150 cm³/mol. The van der Waals surface area contributed by atoms with Crippen molar-refractivity contribution in [2.24, 2.45) is 0 Å². The zero-order valence-electron chi connectivity index (χ0n) is 22.8. The number of hydrogen-bond acceptors (Lipinski definition) is 12. The Morgan fingerprint density at radius 3 is 1.79 bits per heavy atom. The number of nitrogens with two attached hydrogens (primary N) is 3. The molecule has 6 aromatic heterocycles. The van der Waals surface area contributed by atoms with Crippen molar-refractivity contribution in [3.05, 3.63) is 37.2 Å². The van der Waals surface area contributed by atoms with Gasteiger partial charge in [-0.2, -0.15) is 0 Å². The Hall–Kier alpha value is -4.95. The number of rotatable bonds is 3. The highest BCUT2D eigenvalue weighted by molar-refractivity contribution is 5.86. The van der Waals surface area contributed by atoms with Gasteiger partial charge in [-0.05, 0) is 53.7 Å². The molecule has 15 nitrogen and oxygen atoms in total. The largest absolute Gasteiger partial charge is 0.397 e. The van der Waals surface area contributed by atoms with Crippen LogP contribution in [0.4, 0.5) is 17.3 Å². The van der Waals surface area contributed by atoms with E-state index in [1.54, 1.807) is 21.6 Å². The van der Waals surface area contributed by atoms with Gasteiger partial charge in [0.1, 0.15) is 24.1 Å². The Bertz CT molecular complexity index is 1490. The van der Waals surface area contributed by atoms with Crippen molar-refractivity contribution in [2.45, 2.75) is 59.7 Å². The minimum absolute atomic E-state index is 0.222. The molecular formula is C24H33N15. The number of nitrogens with zero attached hydrogens (tertiary/aromatic N) is 12. The van der Waals surface area contributed by atoms with Crippen molar-refractivity contribution in [1.82, 2.24) is 59.5 Å². The molecule has 6 rings (SSSR count). The Labute approximate surface area is 224 Å². The molecule has 6 aromatic rings. The molecule has 0 aromatic carbocycles. The number of hydrogen-bond donors (Lipinski definition) is 3. The lowest BCUT2D eigenvalue weighted by Crippen LogP contribution is -2.04. The summed E-state index contributed by atoms with van der Waals surface area (Å²) in [6, 6.07) is 4.54. The summed E-state index contributed by atoms with van der Waals surface area (Å²) in [6.07, 6.45) is 6.57. The van der Waals surface area contributed by atoms with E-state index in [0.717, 1.165) is 16.7 Å². The summed E-state index contributed by atoms with van der Waals surface area (Å²) < 4.78 is 5.55. The standard InChI is InChI=1S/C9H12N4.C8H11N5.C7H10N6/c1-6(2)13-4-3-7-8(10)11-5-12-9(7)13;1-5(2)13-8-7(11-12-13)6(9)3-4-10-8;1-4(2)13-7-5(11-12-13)6(8)9-3-10-7/h3-6H,1-2H3,(H2,10,11,12);3-5H,1-2H3,(H2,9,10);3-4H,1-2H3,(H2,8,9,10). The smallest absolute Gasteiger partial charge is 0.184 e. The van der Waals surface area contributed by atoms with Crippen LogP contribution < -0.4 is 17.2 Å². The van der Waals surface area contributed by atoms with Crippen molar-refractivity contribution in [3.8, 4) is 0 Å². The molecule has 0 aliphatic carbocycles. The van der Waals surface area contributed by atoms with E-state index >= 15 is 0 Å². The first-order valence-corrected chi connectivity index (χ1v) is 12.4. The van der Waals surface area contributed by atoms with Crippen LogP contribution in [0, 0.1) is 0 Å². The Morgan fingerprint density at radius 1 is 0.615 bits per heavy atom. The topological polar surface area (TPSA) is 209 Å². The average Bonchev–Trinajstić information content (AvgIpc) is 3.63. The molecule has 0 unspecified atom stereocenters. The number of nitrogen functional groups attached to an aromatic ring is 3.